The van der Waals surface area contributed by atoms with Gasteiger partial charge in [-0.05, 0) is 49.4 Å². The van der Waals surface area contributed by atoms with Crippen molar-refractivity contribution < 1.29 is 9.18 Å². The van der Waals surface area contributed by atoms with Crippen molar-refractivity contribution in [3.63, 3.8) is 0 Å². The number of hydrogen-bond donors (Lipinski definition) is 2. The van der Waals surface area contributed by atoms with Gasteiger partial charge in [0.25, 0.3) is 5.91 Å². The zero-order chi connectivity index (χ0) is 24.6. The Hall–Kier alpha value is -3.69. The third-order valence-corrected chi connectivity index (χ3v) is 6.24. The van der Waals surface area contributed by atoms with Crippen LogP contribution in [0.15, 0.2) is 89.1 Å². The second kappa shape index (κ2) is 11.6. The highest BCUT2D eigenvalue weighted by Gasteiger charge is 2.21. The molecule has 178 valence electrons. The van der Waals surface area contributed by atoms with E-state index in [4.69, 9.17) is 11.6 Å². The maximum atomic E-state index is 13.7. The molecule has 0 aliphatic rings. The molecule has 0 radical (unpaired) electrons. The number of amides is 1. The second-order valence-electron chi connectivity index (χ2n) is 7.45. The number of nitrogens with zero attached hydrogens (tertiary/aromatic N) is 4. The van der Waals surface area contributed by atoms with Crippen molar-refractivity contribution in [2.24, 2.45) is 5.10 Å². The molecule has 0 saturated heterocycles. The lowest BCUT2D eigenvalue weighted by Crippen LogP contribution is -2.27. The minimum Gasteiger partial charge on any atom is -0.378 e. The number of halogens is 2. The van der Waals surface area contributed by atoms with Crippen molar-refractivity contribution >= 4 is 41.2 Å². The number of benzene rings is 3. The first kappa shape index (κ1) is 24.4. The normalized spacial score (nSPS) is 12.0. The van der Waals surface area contributed by atoms with Gasteiger partial charge in [0.2, 0.25) is 0 Å². The number of nitrogens with one attached hydrogen (secondary N) is 2. The van der Waals surface area contributed by atoms with E-state index in [1.54, 1.807) is 25.1 Å². The average Bonchev–Trinajstić information content (AvgIpc) is 3.27. The van der Waals surface area contributed by atoms with Crippen LogP contribution in [0.1, 0.15) is 18.3 Å². The highest BCUT2D eigenvalue weighted by molar-refractivity contribution is 8.00. The monoisotopic (exact) mass is 508 g/mol. The average molecular weight is 509 g/mol. The van der Waals surface area contributed by atoms with Gasteiger partial charge in [0.1, 0.15) is 5.82 Å². The van der Waals surface area contributed by atoms with Crippen LogP contribution < -0.4 is 10.7 Å². The summed E-state index contributed by atoms with van der Waals surface area (Å²) in [6, 6.07) is 23.2. The predicted molar refractivity (Wildman–Crippen MR) is 138 cm³/mol. The maximum Gasteiger partial charge on any atom is 0.253 e. The van der Waals surface area contributed by atoms with Gasteiger partial charge in [-0.15, -0.1) is 10.2 Å². The summed E-state index contributed by atoms with van der Waals surface area (Å²) in [5, 5.41) is 16.6. The minimum absolute atomic E-state index is 0.287. The first-order valence-corrected chi connectivity index (χ1v) is 12.0. The molecule has 7 nitrogen and oxygen atoms in total. The van der Waals surface area contributed by atoms with Crippen LogP contribution in [0.4, 0.5) is 10.1 Å². The fourth-order valence-electron chi connectivity index (χ4n) is 3.12. The minimum atomic E-state index is -0.531. The van der Waals surface area contributed by atoms with Gasteiger partial charge in [0.15, 0.2) is 11.0 Å². The van der Waals surface area contributed by atoms with Crippen molar-refractivity contribution in [3.8, 4) is 5.69 Å². The summed E-state index contributed by atoms with van der Waals surface area (Å²) in [7, 11) is 0. The van der Waals surface area contributed by atoms with Gasteiger partial charge in [-0.1, -0.05) is 59.8 Å². The summed E-state index contributed by atoms with van der Waals surface area (Å²) >= 11 is 7.22. The summed E-state index contributed by atoms with van der Waals surface area (Å²) in [6.45, 7) is 2.16. The lowest BCUT2D eigenvalue weighted by atomic mass is 10.2. The van der Waals surface area contributed by atoms with Crippen molar-refractivity contribution in [2.75, 3.05) is 5.32 Å². The van der Waals surface area contributed by atoms with Crippen molar-refractivity contribution in [1.82, 2.24) is 20.2 Å². The first-order chi connectivity index (χ1) is 17.0. The van der Waals surface area contributed by atoms with Crippen LogP contribution in [-0.4, -0.2) is 32.1 Å². The Kier molecular flexibility index (Phi) is 8.12. The van der Waals surface area contributed by atoms with Crippen LogP contribution in [0.2, 0.25) is 5.02 Å². The number of anilines is 1. The fraction of sp³-hybridized carbons (Fsp3) is 0.120. The molecule has 0 aliphatic heterocycles. The van der Waals surface area contributed by atoms with Crippen LogP contribution in [0.25, 0.3) is 5.69 Å². The number of rotatable bonds is 9. The molecule has 10 heteroatoms. The van der Waals surface area contributed by atoms with Crippen molar-refractivity contribution in [2.45, 2.75) is 23.9 Å². The molecule has 35 heavy (non-hydrogen) atoms. The summed E-state index contributed by atoms with van der Waals surface area (Å²) in [5.74, 6) is -0.0755. The van der Waals surface area contributed by atoms with Gasteiger partial charge in [-0.25, -0.2) is 9.82 Å². The standard InChI is InChI=1S/C25H22ClFN6OS/c1-17(24(34)31-29-15-18-7-5-6-10-22(18)27)35-25-32-30-23(33(25)21-8-3-2-4-9-21)16-28-20-13-11-19(26)12-14-20/h2-15,17,28H,16H2,1H3,(H,31,34). The van der Waals surface area contributed by atoms with Crippen LogP contribution >= 0.6 is 23.4 Å². The highest BCUT2D eigenvalue weighted by atomic mass is 35.5. The molecule has 1 atom stereocenters. The van der Waals surface area contributed by atoms with E-state index in [1.807, 2.05) is 59.2 Å². The van der Waals surface area contributed by atoms with Crippen molar-refractivity contribution in [3.05, 3.63) is 101 Å². The van der Waals surface area contributed by atoms with Gasteiger partial charge in [-0.2, -0.15) is 5.10 Å². The Morgan fingerprint density at radius 1 is 1.09 bits per heavy atom. The molecule has 4 rings (SSSR count). The molecule has 1 unspecified atom stereocenters. The molecule has 2 N–H and O–H groups in total. The number of aromatic nitrogens is 3. The van der Waals surface area contributed by atoms with E-state index in [-0.39, 0.29) is 11.5 Å². The van der Waals surface area contributed by atoms with E-state index in [2.05, 4.69) is 26.0 Å². The Labute approximate surface area is 211 Å². The lowest BCUT2D eigenvalue weighted by molar-refractivity contribution is -0.120. The Morgan fingerprint density at radius 2 is 1.80 bits per heavy atom. The second-order valence-corrected chi connectivity index (χ2v) is 9.19. The maximum absolute atomic E-state index is 13.7. The summed E-state index contributed by atoms with van der Waals surface area (Å²) in [4.78, 5) is 12.6. The molecule has 4 aromatic rings. The van der Waals surface area contributed by atoms with E-state index in [0.29, 0.717) is 22.5 Å². The van der Waals surface area contributed by atoms with Crippen LogP contribution in [-0.2, 0) is 11.3 Å². The van der Waals surface area contributed by atoms with Crippen LogP contribution in [0, 0.1) is 5.82 Å². The molecule has 1 amide bonds. The topological polar surface area (TPSA) is 84.2 Å². The summed E-state index contributed by atoms with van der Waals surface area (Å²) in [5.41, 5.74) is 4.51. The van der Waals surface area contributed by atoms with E-state index < -0.39 is 11.1 Å². The number of para-hydroxylation sites is 1. The zero-order valence-corrected chi connectivity index (χ0v) is 20.3. The number of carbonyl (C=O) groups is 1. The number of hydrazone groups is 1. The molecule has 3 aromatic carbocycles. The Bertz CT molecular complexity index is 1310. The van der Waals surface area contributed by atoms with Gasteiger partial charge in [0, 0.05) is 22.0 Å². The zero-order valence-electron chi connectivity index (χ0n) is 18.7. The molecule has 1 aromatic heterocycles. The Morgan fingerprint density at radius 3 is 2.54 bits per heavy atom. The van der Waals surface area contributed by atoms with E-state index in [1.165, 1.54) is 24.0 Å². The summed E-state index contributed by atoms with van der Waals surface area (Å²) in [6.07, 6.45) is 1.28. The van der Waals surface area contributed by atoms with Gasteiger partial charge in [0.05, 0.1) is 18.0 Å². The largest absolute Gasteiger partial charge is 0.378 e. The van der Waals surface area contributed by atoms with Crippen LogP contribution in [0.3, 0.4) is 0 Å². The third-order valence-electron chi connectivity index (χ3n) is 4.94. The SMILES string of the molecule is CC(Sc1nnc(CNc2ccc(Cl)cc2)n1-c1ccccc1)C(=O)NN=Cc1ccccc1F. The summed E-state index contributed by atoms with van der Waals surface area (Å²) < 4.78 is 15.6. The predicted octanol–water partition coefficient (Wildman–Crippen LogP) is 5.30. The van der Waals surface area contributed by atoms with Gasteiger partial charge < -0.3 is 5.32 Å². The molecule has 1 heterocycles. The molecular formula is C25H22ClFN6OS. The molecular weight excluding hydrogens is 487 g/mol. The molecule has 0 aliphatic carbocycles. The highest BCUT2D eigenvalue weighted by Crippen LogP contribution is 2.26. The first-order valence-electron chi connectivity index (χ1n) is 10.7. The molecule has 0 spiro atoms. The van der Waals surface area contributed by atoms with E-state index >= 15 is 0 Å². The Balaban J connectivity index is 1.47. The van der Waals surface area contributed by atoms with E-state index in [0.717, 1.165) is 11.4 Å². The number of carbonyl (C=O) groups excluding carboxylic acids is 1. The fourth-order valence-corrected chi connectivity index (χ4v) is 4.13. The third kappa shape index (κ3) is 6.46. The molecule has 0 saturated carbocycles. The smallest absolute Gasteiger partial charge is 0.253 e. The van der Waals surface area contributed by atoms with E-state index in [9.17, 15) is 9.18 Å². The van der Waals surface area contributed by atoms with Gasteiger partial charge >= 0.3 is 0 Å². The quantitative estimate of drug-likeness (QED) is 0.182. The van der Waals surface area contributed by atoms with Gasteiger partial charge in [-0.3, -0.25) is 9.36 Å². The van der Waals surface area contributed by atoms with Crippen LogP contribution in [0.5, 0.6) is 0 Å². The molecule has 0 fully saturated rings. The number of hydrogen-bond acceptors (Lipinski definition) is 6. The van der Waals surface area contributed by atoms with Crippen molar-refractivity contribution in [1.29, 1.82) is 0 Å². The molecule has 0 bridgehead atoms. The number of thioether (sulfide) groups is 1. The lowest BCUT2D eigenvalue weighted by Gasteiger charge is -2.13.